The maximum absolute atomic E-state index is 10.8. The van der Waals surface area contributed by atoms with Crippen LogP contribution in [0.25, 0.3) is 22.2 Å². The second kappa shape index (κ2) is 5.35. The average Bonchev–Trinajstić information content (AvgIpc) is 2.83. The highest BCUT2D eigenvalue weighted by atomic mass is 35.5. The van der Waals surface area contributed by atoms with Crippen LogP contribution in [0.2, 0.25) is 10.0 Å². The van der Waals surface area contributed by atoms with Gasteiger partial charge in [-0.25, -0.2) is 9.97 Å². The summed E-state index contributed by atoms with van der Waals surface area (Å²) in [5.74, 6) is 0.329. The number of carbonyl (C=O) groups excluding carboxylic acids is 1. The quantitative estimate of drug-likeness (QED) is 0.752. The second-order valence-electron chi connectivity index (χ2n) is 4.42. The minimum absolute atomic E-state index is 0.172. The van der Waals surface area contributed by atoms with E-state index in [0.29, 0.717) is 26.9 Å². The molecule has 2 aromatic heterocycles. The predicted octanol–water partition coefficient (Wildman–Crippen LogP) is 3.19. The maximum atomic E-state index is 10.8. The van der Waals surface area contributed by atoms with Crippen LogP contribution in [0.4, 0.5) is 5.82 Å². The molecule has 5 nitrogen and oxygen atoms in total. The highest BCUT2D eigenvalue weighted by Gasteiger charge is 2.17. The van der Waals surface area contributed by atoms with E-state index in [1.165, 1.54) is 6.33 Å². The molecular formula is C14H10Cl2N4O. The van der Waals surface area contributed by atoms with Gasteiger partial charge in [-0.2, -0.15) is 0 Å². The molecule has 1 aromatic carbocycles. The third-order valence-corrected chi connectivity index (χ3v) is 4.01. The normalized spacial score (nSPS) is 11.0. The Hall–Kier alpha value is -2.11. The number of aldehydes is 1. The molecule has 3 aromatic rings. The van der Waals surface area contributed by atoms with Gasteiger partial charge in [0, 0.05) is 17.3 Å². The van der Waals surface area contributed by atoms with Gasteiger partial charge in [-0.05, 0) is 6.07 Å². The lowest BCUT2D eigenvalue weighted by molar-refractivity contribution is -0.108. The minimum atomic E-state index is 0.172. The number of hydrogen-bond acceptors (Lipinski definition) is 4. The van der Waals surface area contributed by atoms with Crippen LogP contribution in [0.1, 0.15) is 0 Å². The molecule has 0 saturated heterocycles. The van der Waals surface area contributed by atoms with Crippen LogP contribution < -0.4 is 5.73 Å². The topological polar surface area (TPSA) is 73.8 Å². The number of carbonyl (C=O) groups is 1. The van der Waals surface area contributed by atoms with E-state index in [-0.39, 0.29) is 6.54 Å². The van der Waals surface area contributed by atoms with Gasteiger partial charge in [0.05, 0.1) is 22.0 Å². The Labute approximate surface area is 130 Å². The Balaban J connectivity index is 2.37. The van der Waals surface area contributed by atoms with Crippen molar-refractivity contribution < 1.29 is 4.79 Å². The maximum Gasteiger partial charge on any atom is 0.146 e. The fourth-order valence-electron chi connectivity index (χ4n) is 2.28. The molecule has 0 aliphatic rings. The van der Waals surface area contributed by atoms with Crippen LogP contribution in [-0.2, 0) is 11.3 Å². The summed E-state index contributed by atoms with van der Waals surface area (Å²) in [7, 11) is 0. The number of halogens is 2. The third kappa shape index (κ3) is 2.24. The first-order valence-electron chi connectivity index (χ1n) is 6.10. The Morgan fingerprint density at radius 2 is 2.05 bits per heavy atom. The molecule has 0 saturated carbocycles. The molecule has 2 N–H and O–H groups in total. The molecule has 106 valence electrons. The Kier molecular flexibility index (Phi) is 3.53. The summed E-state index contributed by atoms with van der Waals surface area (Å²) in [6.07, 6.45) is 3.94. The Bertz CT molecular complexity index is 844. The Morgan fingerprint density at radius 3 is 2.81 bits per heavy atom. The summed E-state index contributed by atoms with van der Waals surface area (Å²) >= 11 is 12.3. The number of fused-ring (bicyclic) bond motifs is 1. The first-order chi connectivity index (χ1) is 10.1. The molecule has 0 bridgehead atoms. The summed E-state index contributed by atoms with van der Waals surface area (Å²) in [6.45, 7) is 0.172. The fraction of sp³-hybridized carbons (Fsp3) is 0.0714. The van der Waals surface area contributed by atoms with E-state index in [0.717, 1.165) is 17.4 Å². The molecule has 2 heterocycles. The number of aromatic nitrogens is 3. The van der Waals surface area contributed by atoms with Gasteiger partial charge in [-0.15, -0.1) is 0 Å². The lowest BCUT2D eigenvalue weighted by Gasteiger charge is -2.05. The lowest BCUT2D eigenvalue weighted by Crippen LogP contribution is -1.99. The van der Waals surface area contributed by atoms with Gasteiger partial charge in [0.25, 0.3) is 0 Å². The van der Waals surface area contributed by atoms with Gasteiger partial charge < -0.3 is 15.1 Å². The van der Waals surface area contributed by atoms with Crippen molar-refractivity contribution in [3.63, 3.8) is 0 Å². The molecule has 0 atom stereocenters. The van der Waals surface area contributed by atoms with Crippen molar-refractivity contribution in [1.29, 1.82) is 0 Å². The van der Waals surface area contributed by atoms with E-state index >= 15 is 0 Å². The molecule has 0 amide bonds. The molecular weight excluding hydrogens is 311 g/mol. The summed E-state index contributed by atoms with van der Waals surface area (Å²) in [5, 5.41) is 1.52. The predicted molar refractivity (Wildman–Crippen MR) is 83.5 cm³/mol. The van der Waals surface area contributed by atoms with Gasteiger partial charge in [0.1, 0.15) is 24.1 Å². The SMILES string of the molecule is Nc1ncnc2c1c(-c1cccc(Cl)c1Cl)cn2CC=O. The smallest absolute Gasteiger partial charge is 0.146 e. The van der Waals surface area contributed by atoms with E-state index in [9.17, 15) is 4.79 Å². The van der Waals surface area contributed by atoms with Gasteiger partial charge >= 0.3 is 0 Å². The van der Waals surface area contributed by atoms with E-state index in [4.69, 9.17) is 28.9 Å². The summed E-state index contributed by atoms with van der Waals surface area (Å²) in [4.78, 5) is 19.0. The highest BCUT2D eigenvalue weighted by Crippen LogP contribution is 2.38. The Morgan fingerprint density at radius 1 is 1.24 bits per heavy atom. The molecule has 0 spiro atoms. The number of hydrogen-bond donors (Lipinski definition) is 1. The lowest BCUT2D eigenvalue weighted by atomic mass is 10.1. The van der Waals surface area contributed by atoms with E-state index in [1.807, 2.05) is 6.07 Å². The van der Waals surface area contributed by atoms with Crippen LogP contribution in [0.5, 0.6) is 0 Å². The molecule has 3 rings (SSSR count). The van der Waals surface area contributed by atoms with Crippen molar-refractivity contribution in [2.24, 2.45) is 0 Å². The molecule has 0 unspecified atom stereocenters. The van der Waals surface area contributed by atoms with Crippen molar-refractivity contribution in [3.8, 4) is 11.1 Å². The average molecular weight is 321 g/mol. The van der Waals surface area contributed by atoms with Gasteiger partial charge in [0.15, 0.2) is 0 Å². The van der Waals surface area contributed by atoms with Crippen LogP contribution >= 0.6 is 23.2 Å². The molecule has 0 radical (unpaired) electrons. The van der Waals surface area contributed by atoms with Crippen molar-refractivity contribution >= 4 is 46.3 Å². The largest absolute Gasteiger partial charge is 0.383 e. The van der Waals surface area contributed by atoms with Crippen molar-refractivity contribution in [1.82, 2.24) is 14.5 Å². The van der Waals surface area contributed by atoms with Gasteiger partial charge in [-0.3, -0.25) is 0 Å². The van der Waals surface area contributed by atoms with Crippen LogP contribution in [0, 0.1) is 0 Å². The summed E-state index contributed by atoms with van der Waals surface area (Å²) in [6, 6.07) is 5.34. The zero-order valence-corrected chi connectivity index (χ0v) is 12.3. The molecule has 0 fully saturated rings. The van der Waals surface area contributed by atoms with Gasteiger partial charge in [0.2, 0.25) is 0 Å². The van der Waals surface area contributed by atoms with Crippen molar-refractivity contribution in [3.05, 3.63) is 40.8 Å². The van der Waals surface area contributed by atoms with Crippen molar-refractivity contribution in [2.75, 3.05) is 5.73 Å². The molecule has 21 heavy (non-hydrogen) atoms. The second-order valence-corrected chi connectivity index (χ2v) is 5.21. The highest BCUT2D eigenvalue weighted by molar-refractivity contribution is 6.44. The van der Waals surface area contributed by atoms with Crippen LogP contribution in [-0.4, -0.2) is 20.8 Å². The number of nitrogens with zero attached hydrogens (tertiary/aromatic N) is 3. The van der Waals surface area contributed by atoms with Crippen LogP contribution in [0.3, 0.4) is 0 Å². The first-order valence-corrected chi connectivity index (χ1v) is 6.86. The first kappa shape index (κ1) is 13.9. The van der Waals surface area contributed by atoms with Crippen LogP contribution in [0.15, 0.2) is 30.7 Å². The molecule has 0 aliphatic heterocycles. The number of benzene rings is 1. The van der Waals surface area contributed by atoms with Gasteiger partial charge in [-0.1, -0.05) is 35.3 Å². The number of nitrogen functional groups attached to an aromatic ring is 1. The zero-order valence-electron chi connectivity index (χ0n) is 10.8. The zero-order chi connectivity index (χ0) is 15.0. The van der Waals surface area contributed by atoms with E-state index in [2.05, 4.69) is 9.97 Å². The summed E-state index contributed by atoms with van der Waals surface area (Å²) in [5.41, 5.74) is 8.02. The fourth-order valence-corrected chi connectivity index (χ4v) is 2.68. The minimum Gasteiger partial charge on any atom is -0.383 e. The number of nitrogens with two attached hydrogens (primary N) is 1. The third-order valence-electron chi connectivity index (χ3n) is 3.20. The van der Waals surface area contributed by atoms with Crippen molar-refractivity contribution in [2.45, 2.75) is 6.54 Å². The summed E-state index contributed by atoms with van der Waals surface area (Å²) < 4.78 is 1.70. The van der Waals surface area contributed by atoms with E-state index < -0.39 is 0 Å². The van der Waals surface area contributed by atoms with E-state index in [1.54, 1.807) is 22.9 Å². The molecule has 7 heteroatoms. The monoisotopic (exact) mass is 320 g/mol. The standard InChI is InChI=1S/C14H10Cl2N4O/c15-10-3-1-2-8(12(10)16)9-6-20(4-5-21)14-11(9)13(17)18-7-19-14/h1-3,5-7H,4H2,(H2,17,18,19). The number of rotatable bonds is 3. The number of anilines is 1. The molecule has 0 aliphatic carbocycles.